The van der Waals surface area contributed by atoms with Crippen LogP contribution in [0, 0.1) is 6.92 Å². The van der Waals surface area contributed by atoms with E-state index in [-0.39, 0.29) is 0 Å². The zero-order valence-electron chi connectivity index (χ0n) is 16.2. The van der Waals surface area contributed by atoms with E-state index in [1.54, 1.807) is 7.11 Å². The number of ether oxygens (including phenoxy) is 1. The summed E-state index contributed by atoms with van der Waals surface area (Å²) in [7, 11) is 1.68. The third-order valence-corrected chi connectivity index (χ3v) is 4.53. The van der Waals surface area contributed by atoms with E-state index >= 15 is 0 Å². The molecule has 0 saturated heterocycles. The van der Waals surface area contributed by atoms with Gasteiger partial charge in [0.05, 0.1) is 7.11 Å². The second-order valence-electron chi connectivity index (χ2n) is 6.55. The highest BCUT2D eigenvalue weighted by Crippen LogP contribution is 2.15. The van der Waals surface area contributed by atoms with Crippen molar-refractivity contribution in [3.05, 3.63) is 76.4 Å². The molecule has 0 bridgehead atoms. The molecule has 0 radical (unpaired) electrons. The van der Waals surface area contributed by atoms with Crippen molar-refractivity contribution in [2.24, 2.45) is 0 Å². The number of hydrogen-bond donors (Lipinski definition) is 2. The number of aromatic nitrogens is 2. The van der Waals surface area contributed by atoms with Crippen LogP contribution in [0.2, 0.25) is 5.02 Å². The van der Waals surface area contributed by atoms with Gasteiger partial charge in [-0.05, 0) is 55.2 Å². The second-order valence-corrected chi connectivity index (χ2v) is 6.99. The molecule has 146 valence electrons. The lowest BCUT2D eigenvalue weighted by atomic mass is 10.1. The van der Waals surface area contributed by atoms with Crippen molar-refractivity contribution in [3.8, 4) is 5.75 Å². The molecule has 0 fully saturated rings. The molecule has 28 heavy (non-hydrogen) atoms. The van der Waals surface area contributed by atoms with Crippen molar-refractivity contribution in [1.82, 2.24) is 9.97 Å². The average molecular weight is 397 g/mol. The quantitative estimate of drug-likeness (QED) is 0.546. The lowest BCUT2D eigenvalue weighted by molar-refractivity contribution is 0.414. The van der Waals surface area contributed by atoms with Gasteiger partial charge in [0.1, 0.15) is 11.6 Å². The zero-order valence-corrected chi connectivity index (χ0v) is 17.0. The Hall–Kier alpha value is -2.79. The Morgan fingerprint density at radius 1 is 0.893 bits per heavy atom. The van der Waals surface area contributed by atoms with E-state index < -0.39 is 0 Å². The Bertz CT molecular complexity index is 917. The summed E-state index contributed by atoms with van der Waals surface area (Å²) in [5.74, 6) is 2.33. The van der Waals surface area contributed by atoms with Gasteiger partial charge in [0.2, 0.25) is 5.95 Å². The van der Waals surface area contributed by atoms with Gasteiger partial charge < -0.3 is 15.4 Å². The van der Waals surface area contributed by atoms with Crippen molar-refractivity contribution >= 4 is 23.4 Å². The topological polar surface area (TPSA) is 59.1 Å². The van der Waals surface area contributed by atoms with Gasteiger partial charge in [-0.15, -0.1) is 0 Å². The molecule has 0 aliphatic carbocycles. The van der Waals surface area contributed by atoms with E-state index in [1.165, 1.54) is 11.1 Å². The first-order chi connectivity index (χ1) is 13.6. The van der Waals surface area contributed by atoms with E-state index in [4.69, 9.17) is 16.3 Å². The molecule has 5 nitrogen and oxygen atoms in total. The summed E-state index contributed by atoms with van der Waals surface area (Å²) in [6.45, 7) is 3.50. The number of benzene rings is 2. The predicted molar refractivity (Wildman–Crippen MR) is 116 cm³/mol. The summed E-state index contributed by atoms with van der Waals surface area (Å²) in [5.41, 5.74) is 3.32. The van der Waals surface area contributed by atoms with Crippen molar-refractivity contribution in [2.45, 2.75) is 19.8 Å². The van der Waals surface area contributed by atoms with Gasteiger partial charge >= 0.3 is 0 Å². The number of rotatable bonds is 9. The monoisotopic (exact) mass is 396 g/mol. The molecule has 0 unspecified atom stereocenters. The molecule has 2 N–H and O–H groups in total. The molecule has 3 rings (SSSR count). The SMILES string of the molecule is COc1cccc(CCNc2cc(C)nc(NCCc3cccc(Cl)c3)n2)c1. The van der Waals surface area contributed by atoms with Crippen LogP contribution in [0.1, 0.15) is 16.8 Å². The second kappa shape index (κ2) is 9.95. The highest BCUT2D eigenvalue weighted by molar-refractivity contribution is 6.30. The largest absolute Gasteiger partial charge is 0.497 e. The van der Waals surface area contributed by atoms with E-state index in [0.29, 0.717) is 5.95 Å². The Balaban J connectivity index is 1.52. The molecule has 6 heteroatoms. The van der Waals surface area contributed by atoms with E-state index in [0.717, 1.165) is 48.2 Å². The fraction of sp³-hybridized carbons (Fsp3) is 0.273. The Labute approximate surface area is 171 Å². The molecule has 1 aromatic heterocycles. The first kappa shape index (κ1) is 20.0. The third kappa shape index (κ3) is 6.13. The van der Waals surface area contributed by atoms with Gasteiger partial charge in [-0.25, -0.2) is 4.98 Å². The maximum absolute atomic E-state index is 6.03. The van der Waals surface area contributed by atoms with Crippen molar-refractivity contribution in [2.75, 3.05) is 30.8 Å². The predicted octanol–water partition coefficient (Wildman–Crippen LogP) is 4.76. The van der Waals surface area contributed by atoms with Crippen LogP contribution in [0.4, 0.5) is 11.8 Å². The lowest BCUT2D eigenvalue weighted by Crippen LogP contribution is -2.12. The Morgan fingerprint density at radius 2 is 1.61 bits per heavy atom. The van der Waals surface area contributed by atoms with Crippen LogP contribution in [-0.4, -0.2) is 30.2 Å². The minimum atomic E-state index is 0.630. The number of nitrogens with zero attached hydrogens (tertiary/aromatic N) is 2. The molecule has 2 aromatic carbocycles. The Morgan fingerprint density at radius 3 is 2.36 bits per heavy atom. The number of anilines is 2. The summed E-state index contributed by atoms with van der Waals surface area (Å²) >= 11 is 6.03. The molecule has 0 aliphatic rings. The fourth-order valence-electron chi connectivity index (χ4n) is 2.91. The number of aryl methyl sites for hydroxylation is 1. The smallest absolute Gasteiger partial charge is 0.224 e. The number of methoxy groups -OCH3 is 1. The Kier molecular flexibility index (Phi) is 7.09. The molecule has 0 atom stereocenters. The van der Waals surface area contributed by atoms with E-state index in [2.05, 4.69) is 38.8 Å². The number of hydrogen-bond acceptors (Lipinski definition) is 5. The normalized spacial score (nSPS) is 10.5. The van der Waals surface area contributed by atoms with Crippen molar-refractivity contribution in [1.29, 1.82) is 0 Å². The van der Waals surface area contributed by atoms with E-state index in [1.807, 2.05) is 43.3 Å². The van der Waals surface area contributed by atoms with Gasteiger partial charge in [0.25, 0.3) is 0 Å². The molecule has 0 amide bonds. The minimum Gasteiger partial charge on any atom is -0.497 e. The molecule has 0 spiro atoms. The fourth-order valence-corrected chi connectivity index (χ4v) is 3.13. The summed E-state index contributed by atoms with van der Waals surface area (Å²) in [5, 5.41) is 7.43. The summed E-state index contributed by atoms with van der Waals surface area (Å²) < 4.78 is 5.27. The first-order valence-electron chi connectivity index (χ1n) is 9.33. The molecular weight excluding hydrogens is 372 g/mol. The molecule has 3 aromatic rings. The maximum atomic E-state index is 6.03. The average Bonchev–Trinajstić information content (AvgIpc) is 2.68. The highest BCUT2D eigenvalue weighted by Gasteiger charge is 2.03. The van der Waals surface area contributed by atoms with Gasteiger partial charge in [-0.2, -0.15) is 4.98 Å². The molecule has 0 aliphatic heterocycles. The van der Waals surface area contributed by atoms with Crippen LogP contribution in [-0.2, 0) is 12.8 Å². The molecular formula is C22H25ClN4O. The van der Waals surface area contributed by atoms with Crippen LogP contribution in [0.25, 0.3) is 0 Å². The first-order valence-corrected chi connectivity index (χ1v) is 9.71. The number of nitrogens with one attached hydrogen (secondary N) is 2. The third-order valence-electron chi connectivity index (χ3n) is 4.29. The van der Waals surface area contributed by atoms with Crippen LogP contribution < -0.4 is 15.4 Å². The summed E-state index contributed by atoms with van der Waals surface area (Å²) in [6.07, 6.45) is 1.74. The summed E-state index contributed by atoms with van der Waals surface area (Å²) in [4.78, 5) is 9.03. The standard InChI is InChI=1S/C22H25ClN4O/c1-16-13-21(24-11-9-18-6-4-8-20(15-18)28-2)27-22(26-16)25-12-10-17-5-3-7-19(23)14-17/h3-8,13-15H,9-12H2,1-2H3,(H2,24,25,26,27). The summed E-state index contributed by atoms with van der Waals surface area (Å²) in [6, 6.07) is 17.9. The minimum absolute atomic E-state index is 0.630. The molecule has 1 heterocycles. The van der Waals surface area contributed by atoms with Crippen LogP contribution in [0.3, 0.4) is 0 Å². The van der Waals surface area contributed by atoms with Gasteiger partial charge in [0.15, 0.2) is 0 Å². The van der Waals surface area contributed by atoms with Crippen LogP contribution in [0.5, 0.6) is 5.75 Å². The zero-order chi connectivity index (χ0) is 19.8. The lowest BCUT2D eigenvalue weighted by Gasteiger charge is -2.10. The highest BCUT2D eigenvalue weighted by atomic mass is 35.5. The van der Waals surface area contributed by atoms with Crippen LogP contribution in [0.15, 0.2) is 54.6 Å². The van der Waals surface area contributed by atoms with Crippen molar-refractivity contribution in [3.63, 3.8) is 0 Å². The number of halogens is 1. The molecule has 0 saturated carbocycles. The van der Waals surface area contributed by atoms with Crippen molar-refractivity contribution < 1.29 is 4.74 Å². The van der Waals surface area contributed by atoms with Gasteiger partial charge in [0, 0.05) is 29.9 Å². The van der Waals surface area contributed by atoms with Gasteiger partial charge in [-0.3, -0.25) is 0 Å². The maximum Gasteiger partial charge on any atom is 0.224 e. The van der Waals surface area contributed by atoms with Crippen LogP contribution >= 0.6 is 11.6 Å². The van der Waals surface area contributed by atoms with E-state index in [9.17, 15) is 0 Å². The van der Waals surface area contributed by atoms with Gasteiger partial charge in [-0.1, -0.05) is 35.9 Å².